The third-order valence-electron chi connectivity index (χ3n) is 2.62. The third kappa shape index (κ3) is 5.58. The minimum absolute atomic E-state index is 0.700. The van der Waals surface area contributed by atoms with Crippen LogP contribution in [0.5, 0.6) is 0 Å². The second kappa shape index (κ2) is 8.21. The van der Waals surface area contributed by atoms with Crippen LogP contribution in [-0.4, -0.2) is 38.9 Å². The summed E-state index contributed by atoms with van der Waals surface area (Å²) in [5.41, 5.74) is 0. The Balaban J connectivity index is 1.75. The van der Waals surface area contributed by atoms with Crippen LogP contribution < -0.4 is 10.6 Å². The number of unbranched alkanes of at least 4 members (excludes halogenated alkanes) is 1. The van der Waals surface area contributed by atoms with Crippen molar-refractivity contribution in [1.82, 2.24) is 10.6 Å². The van der Waals surface area contributed by atoms with Gasteiger partial charge in [-0.25, -0.2) is 0 Å². The van der Waals surface area contributed by atoms with E-state index in [1.165, 1.54) is 32.2 Å². The lowest BCUT2D eigenvalue weighted by Crippen LogP contribution is -2.35. The fourth-order valence-electron chi connectivity index (χ4n) is 1.70. The topological polar surface area (TPSA) is 33.3 Å². The highest BCUT2D eigenvalue weighted by Gasteiger charge is 2.12. The standard InChI is InChI=1S/C11H24N2O/c1-2-3-8-14-9-7-12-10-11-5-4-6-13-11/h11-13H,2-10H2,1H3. The molecule has 0 aromatic rings. The zero-order valence-corrected chi connectivity index (χ0v) is 9.35. The average Bonchev–Trinajstić information content (AvgIpc) is 2.69. The summed E-state index contributed by atoms with van der Waals surface area (Å²) >= 11 is 0. The van der Waals surface area contributed by atoms with Crippen molar-refractivity contribution in [3.05, 3.63) is 0 Å². The molecule has 3 nitrogen and oxygen atoms in total. The van der Waals surface area contributed by atoms with E-state index in [0.29, 0.717) is 6.04 Å². The van der Waals surface area contributed by atoms with Gasteiger partial charge in [-0.3, -0.25) is 0 Å². The van der Waals surface area contributed by atoms with Crippen molar-refractivity contribution in [2.45, 2.75) is 38.6 Å². The molecule has 1 unspecified atom stereocenters. The molecule has 0 amide bonds. The molecular formula is C11H24N2O. The maximum atomic E-state index is 5.46. The molecule has 0 spiro atoms. The maximum absolute atomic E-state index is 5.46. The molecule has 1 rings (SSSR count). The van der Waals surface area contributed by atoms with E-state index in [4.69, 9.17) is 4.74 Å². The molecule has 0 aromatic carbocycles. The lowest BCUT2D eigenvalue weighted by molar-refractivity contribution is 0.132. The van der Waals surface area contributed by atoms with Crippen LogP contribution in [0.4, 0.5) is 0 Å². The molecule has 0 aliphatic carbocycles. The fraction of sp³-hybridized carbons (Fsp3) is 1.00. The Morgan fingerprint density at radius 2 is 2.36 bits per heavy atom. The molecule has 14 heavy (non-hydrogen) atoms. The van der Waals surface area contributed by atoms with Crippen molar-refractivity contribution in [2.75, 3.05) is 32.8 Å². The summed E-state index contributed by atoms with van der Waals surface area (Å²) < 4.78 is 5.46. The molecule has 3 heteroatoms. The van der Waals surface area contributed by atoms with Crippen molar-refractivity contribution in [3.63, 3.8) is 0 Å². The summed E-state index contributed by atoms with van der Waals surface area (Å²) in [5, 5.41) is 6.88. The molecular weight excluding hydrogens is 176 g/mol. The highest BCUT2D eigenvalue weighted by atomic mass is 16.5. The largest absolute Gasteiger partial charge is 0.380 e. The molecule has 1 aliphatic heterocycles. The van der Waals surface area contributed by atoms with Gasteiger partial charge in [0.1, 0.15) is 0 Å². The Morgan fingerprint density at radius 1 is 1.43 bits per heavy atom. The van der Waals surface area contributed by atoms with Gasteiger partial charge in [0.15, 0.2) is 0 Å². The predicted octanol–water partition coefficient (Wildman–Crippen LogP) is 1.14. The van der Waals surface area contributed by atoms with E-state index in [1.807, 2.05) is 0 Å². The normalized spacial score (nSPS) is 21.6. The van der Waals surface area contributed by atoms with Crippen molar-refractivity contribution >= 4 is 0 Å². The first-order valence-corrected chi connectivity index (χ1v) is 5.95. The highest BCUT2D eigenvalue weighted by molar-refractivity contribution is 4.75. The van der Waals surface area contributed by atoms with Crippen LogP contribution in [0.25, 0.3) is 0 Å². The quantitative estimate of drug-likeness (QED) is 0.577. The first kappa shape index (κ1) is 12.0. The van der Waals surface area contributed by atoms with E-state index in [9.17, 15) is 0 Å². The lowest BCUT2D eigenvalue weighted by atomic mass is 10.2. The zero-order chi connectivity index (χ0) is 10.1. The van der Waals surface area contributed by atoms with E-state index in [-0.39, 0.29) is 0 Å². The average molecular weight is 200 g/mol. The van der Waals surface area contributed by atoms with E-state index in [0.717, 1.165) is 26.3 Å². The third-order valence-corrected chi connectivity index (χ3v) is 2.62. The van der Waals surface area contributed by atoms with Crippen LogP contribution in [0.3, 0.4) is 0 Å². The SMILES string of the molecule is CCCCOCCNCC1CCCN1. The van der Waals surface area contributed by atoms with Gasteiger partial charge in [0, 0.05) is 25.7 Å². The van der Waals surface area contributed by atoms with Crippen LogP contribution in [0, 0.1) is 0 Å². The van der Waals surface area contributed by atoms with Gasteiger partial charge in [0.2, 0.25) is 0 Å². The zero-order valence-electron chi connectivity index (χ0n) is 9.35. The lowest BCUT2D eigenvalue weighted by Gasteiger charge is -2.11. The van der Waals surface area contributed by atoms with E-state index in [2.05, 4.69) is 17.6 Å². The second-order valence-corrected chi connectivity index (χ2v) is 3.96. The minimum Gasteiger partial charge on any atom is -0.380 e. The molecule has 1 heterocycles. The van der Waals surface area contributed by atoms with Gasteiger partial charge < -0.3 is 15.4 Å². The molecule has 2 N–H and O–H groups in total. The molecule has 1 saturated heterocycles. The van der Waals surface area contributed by atoms with Gasteiger partial charge in [-0.15, -0.1) is 0 Å². The summed E-state index contributed by atoms with van der Waals surface area (Å²) in [4.78, 5) is 0. The van der Waals surface area contributed by atoms with E-state index >= 15 is 0 Å². The predicted molar refractivity (Wildman–Crippen MR) is 59.6 cm³/mol. The number of rotatable bonds is 8. The van der Waals surface area contributed by atoms with E-state index in [1.54, 1.807) is 0 Å². The second-order valence-electron chi connectivity index (χ2n) is 3.96. The van der Waals surface area contributed by atoms with Gasteiger partial charge in [-0.2, -0.15) is 0 Å². The Bertz CT molecular complexity index is 124. The Morgan fingerprint density at radius 3 is 3.07 bits per heavy atom. The summed E-state index contributed by atoms with van der Waals surface area (Å²) in [6.07, 6.45) is 5.06. The van der Waals surface area contributed by atoms with Gasteiger partial charge in [0.05, 0.1) is 6.61 Å². The van der Waals surface area contributed by atoms with Crippen LogP contribution in [-0.2, 0) is 4.74 Å². The molecule has 1 atom stereocenters. The van der Waals surface area contributed by atoms with Crippen LogP contribution in [0.2, 0.25) is 0 Å². The highest BCUT2D eigenvalue weighted by Crippen LogP contribution is 2.02. The summed E-state index contributed by atoms with van der Waals surface area (Å²) in [6.45, 7) is 7.23. The first-order chi connectivity index (χ1) is 6.93. The van der Waals surface area contributed by atoms with Gasteiger partial charge in [0.25, 0.3) is 0 Å². The molecule has 1 fully saturated rings. The van der Waals surface area contributed by atoms with Crippen molar-refractivity contribution in [2.24, 2.45) is 0 Å². The van der Waals surface area contributed by atoms with Crippen molar-refractivity contribution in [3.8, 4) is 0 Å². The van der Waals surface area contributed by atoms with Crippen LogP contribution in [0.15, 0.2) is 0 Å². The summed E-state index contributed by atoms with van der Waals surface area (Å²) in [5.74, 6) is 0. The van der Waals surface area contributed by atoms with Crippen LogP contribution >= 0.6 is 0 Å². The van der Waals surface area contributed by atoms with Gasteiger partial charge >= 0.3 is 0 Å². The van der Waals surface area contributed by atoms with Crippen LogP contribution in [0.1, 0.15) is 32.6 Å². The number of ether oxygens (including phenoxy) is 1. The monoisotopic (exact) mass is 200 g/mol. The fourth-order valence-corrected chi connectivity index (χ4v) is 1.70. The smallest absolute Gasteiger partial charge is 0.0590 e. The Labute approximate surface area is 87.6 Å². The molecule has 0 bridgehead atoms. The van der Waals surface area contributed by atoms with Crippen molar-refractivity contribution in [1.29, 1.82) is 0 Å². The van der Waals surface area contributed by atoms with Gasteiger partial charge in [-0.1, -0.05) is 13.3 Å². The molecule has 0 aromatic heterocycles. The summed E-state index contributed by atoms with van der Waals surface area (Å²) in [7, 11) is 0. The summed E-state index contributed by atoms with van der Waals surface area (Å²) in [6, 6.07) is 0.700. The molecule has 84 valence electrons. The molecule has 1 aliphatic rings. The first-order valence-electron chi connectivity index (χ1n) is 5.95. The minimum atomic E-state index is 0.700. The number of hydrogen-bond acceptors (Lipinski definition) is 3. The number of hydrogen-bond donors (Lipinski definition) is 2. The Kier molecular flexibility index (Phi) is 7.01. The maximum Gasteiger partial charge on any atom is 0.0590 e. The van der Waals surface area contributed by atoms with Gasteiger partial charge in [-0.05, 0) is 25.8 Å². The van der Waals surface area contributed by atoms with E-state index < -0.39 is 0 Å². The van der Waals surface area contributed by atoms with Crippen molar-refractivity contribution < 1.29 is 4.74 Å². The Hall–Kier alpha value is -0.120. The molecule has 0 saturated carbocycles. The molecule has 0 radical (unpaired) electrons. The number of nitrogens with one attached hydrogen (secondary N) is 2.